The second-order valence-corrected chi connectivity index (χ2v) is 8.79. The number of rotatable bonds is 6. The largest absolute Gasteiger partial charge is 0.378 e. The van der Waals surface area contributed by atoms with Crippen molar-refractivity contribution in [2.24, 2.45) is 5.92 Å². The summed E-state index contributed by atoms with van der Waals surface area (Å²) in [4.78, 5) is 22.3. The maximum absolute atomic E-state index is 13.3. The number of pyridine rings is 1. The molecular weight excluding hydrogens is 376 g/mol. The zero-order valence-corrected chi connectivity index (χ0v) is 18.3. The van der Waals surface area contributed by atoms with Gasteiger partial charge in [0.25, 0.3) is 5.91 Å². The second kappa shape index (κ2) is 9.75. The van der Waals surface area contributed by atoms with Gasteiger partial charge in [-0.1, -0.05) is 37.5 Å². The Morgan fingerprint density at radius 3 is 2.67 bits per heavy atom. The van der Waals surface area contributed by atoms with E-state index in [0.717, 1.165) is 34.7 Å². The molecule has 1 saturated heterocycles. The van der Waals surface area contributed by atoms with E-state index < -0.39 is 0 Å². The van der Waals surface area contributed by atoms with E-state index in [1.165, 1.54) is 32.1 Å². The van der Waals surface area contributed by atoms with Gasteiger partial charge in [-0.05, 0) is 45.0 Å². The summed E-state index contributed by atoms with van der Waals surface area (Å²) in [6, 6.07) is 10.3. The third kappa shape index (κ3) is 4.76. The highest BCUT2D eigenvalue weighted by molar-refractivity contribution is 6.07. The first-order valence-electron chi connectivity index (χ1n) is 11.3. The van der Waals surface area contributed by atoms with Gasteiger partial charge in [0.2, 0.25) is 0 Å². The average Bonchev–Trinajstić information content (AvgIpc) is 2.79. The van der Waals surface area contributed by atoms with Gasteiger partial charge < -0.3 is 19.9 Å². The fourth-order valence-electron chi connectivity index (χ4n) is 4.88. The highest BCUT2D eigenvalue weighted by atomic mass is 16.5. The smallest absolute Gasteiger partial charge is 0.254 e. The maximum Gasteiger partial charge on any atom is 0.254 e. The summed E-state index contributed by atoms with van der Waals surface area (Å²) in [6.45, 7) is 3.33. The Morgan fingerprint density at radius 2 is 1.93 bits per heavy atom. The monoisotopic (exact) mass is 410 g/mol. The molecule has 2 aromatic rings. The van der Waals surface area contributed by atoms with Gasteiger partial charge in [-0.15, -0.1) is 0 Å². The zero-order valence-electron chi connectivity index (χ0n) is 18.3. The highest BCUT2D eigenvalue weighted by Gasteiger charge is 2.26. The zero-order chi connectivity index (χ0) is 20.9. The standard InChI is InChI=1S/C24H34N4O2/c1-27(2)22(18-8-4-3-5-9-18)17-25-23-16-20(19-10-6-7-11-21(19)26-23)24(29)28-12-14-30-15-13-28/h6-7,10-11,16,18,22H,3-5,8-9,12-15,17H2,1-2H3,(H,25,26). The van der Waals surface area contributed by atoms with Crippen LogP contribution in [-0.2, 0) is 4.74 Å². The van der Waals surface area contributed by atoms with Crippen molar-refractivity contribution >= 4 is 22.6 Å². The molecule has 1 atom stereocenters. The van der Waals surface area contributed by atoms with Crippen molar-refractivity contribution in [3.63, 3.8) is 0 Å². The molecule has 1 unspecified atom stereocenters. The van der Waals surface area contributed by atoms with Crippen molar-refractivity contribution < 1.29 is 9.53 Å². The summed E-state index contributed by atoms with van der Waals surface area (Å²) in [7, 11) is 4.34. The third-order valence-corrected chi connectivity index (χ3v) is 6.59. The van der Waals surface area contributed by atoms with Crippen LogP contribution < -0.4 is 5.32 Å². The number of para-hydroxylation sites is 1. The molecule has 1 aromatic carbocycles. The number of carbonyl (C=O) groups excluding carboxylic acids is 1. The normalized spacial score (nSPS) is 19.2. The van der Waals surface area contributed by atoms with Gasteiger partial charge in [0, 0.05) is 31.1 Å². The van der Waals surface area contributed by atoms with Gasteiger partial charge in [0.15, 0.2) is 0 Å². The summed E-state index contributed by atoms with van der Waals surface area (Å²) in [6.07, 6.45) is 6.64. The van der Waals surface area contributed by atoms with Crippen LogP contribution in [0.3, 0.4) is 0 Å². The Morgan fingerprint density at radius 1 is 1.20 bits per heavy atom. The van der Waals surface area contributed by atoms with Crippen molar-refractivity contribution in [1.82, 2.24) is 14.8 Å². The molecule has 1 aliphatic carbocycles. The van der Waals surface area contributed by atoms with Crippen molar-refractivity contribution in [2.75, 3.05) is 52.3 Å². The molecule has 1 N–H and O–H groups in total. The lowest BCUT2D eigenvalue weighted by Crippen LogP contribution is -2.42. The highest BCUT2D eigenvalue weighted by Crippen LogP contribution is 2.29. The average molecular weight is 411 g/mol. The Hall–Kier alpha value is -2.18. The predicted molar refractivity (Wildman–Crippen MR) is 121 cm³/mol. The summed E-state index contributed by atoms with van der Waals surface area (Å²) >= 11 is 0. The van der Waals surface area contributed by atoms with Crippen LogP contribution in [0.4, 0.5) is 5.82 Å². The van der Waals surface area contributed by atoms with E-state index in [1.54, 1.807) is 0 Å². The van der Waals surface area contributed by atoms with Gasteiger partial charge in [-0.2, -0.15) is 0 Å². The Kier molecular flexibility index (Phi) is 6.85. The topological polar surface area (TPSA) is 57.7 Å². The molecule has 6 heteroatoms. The molecular formula is C24H34N4O2. The van der Waals surface area contributed by atoms with E-state index in [0.29, 0.717) is 32.3 Å². The van der Waals surface area contributed by atoms with Gasteiger partial charge in [-0.25, -0.2) is 4.98 Å². The SMILES string of the molecule is CN(C)C(CNc1cc(C(=O)N2CCOCC2)c2ccccc2n1)C1CCCCC1. The van der Waals surface area contributed by atoms with Crippen LogP contribution in [0.1, 0.15) is 42.5 Å². The first-order valence-corrected chi connectivity index (χ1v) is 11.3. The molecule has 2 aliphatic rings. The summed E-state index contributed by atoms with van der Waals surface area (Å²) in [5, 5.41) is 4.48. The lowest BCUT2D eigenvalue weighted by atomic mass is 9.83. The van der Waals surface area contributed by atoms with Crippen LogP contribution in [-0.4, -0.2) is 73.7 Å². The predicted octanol–water partition coefficient (Wildman–Crippen LogP) is 3.63. The third-order valence-electron chi connectivity index (χ3n) is 6.59. The number of anilines is 1. The number of nitrogens with one attached hydrogen (secondary N) is 1. The summed E-state index contributed by atoms with van der Waals surface area (Å²) in [5.41, 5.74) is 1.59. The molecule has 162 valence electrons. The molecule has 30 heavy (non-hydrogen) atoms. The number of fused-ring (bicyclic) bond motifs is 1. The molecule has 1 aromatic heterocycles. The quantitative estimate of drug-likeness (QED) is 0.788. The molecule has 2 fully saturated rings. The summed E-state index contributed by atoms with van der Waals surface area (Å²) < 4.78 is 5.42. The lowest BCUT2D eigenvalue weighted by molar-refractivity contribution is 0.0304. The van der Waals surface area contributed by atoms with Crippen LogP contribution in [0.25, 0.3) is 10.9 Å². The molecule has 1 amide bonds. The van der Waals surface area contributed by atoms with E-state index in [9.17, 15) is 4.79 Å². The molecule has 6 nitrogen and oxygen atoms in total. The first kappa shape index (κ1) is 21.1. The molecule has 1 saturated carbocycles. The van der Waals surface area contributed by atoms with Crippen LogP contribution in [0.5, 0.6) is 0 Å². The van der Waals surface area contributed by atoms with Gasteiger partial charge >= 0.3 is 0 Å². The van der Waals surface area contributed by atoms with Crippen LogP contribution in [0, 0.1) is 5.92 Å². The molecule has 0 spiro atoms. The Balaban J connectivity index is 1.57. The molecule has 4 rings (SSSR count). The van der Waals surface area contributed by atoms with Crippen LogP contribution in [0.15, 0.2) is 30.3 Å². The molecule has 1 aliphatic heterocycles. The van der Waals surface area contributed by atoms with Crippen molar-refractivity contribution in [3.05, 3.63) is 35.9 Å². The van der Waals surface area contributed by atoms with Crippen LogP contribution in [0.2, 0.25) is 0 Å². The van der Waals surface area contributed by atoms with Gasteiger partial charge in [-0.3, -0.25) is 4.79 Å². The van der Waals surface area contributed by atoms with Gasteiger partial charge in [0.05, 0.1) is 24.3 Å². The maximum atomic E-state index is 13.3. The van der Waals surface area contributed by atoms with Crippen molar-refractivity contribution in [1.29, 1.82) is 0 Å². The number of morpholine rings is 1. The van der Waals surface area contributed by atoms with Crippen molar-refractivity contribution in [2.45, 2.75) is 38.1 Å². The molecule has 2 heterocycles. The number of likely N-dealkylation sites (N-methyl/N-ethyl adjacent to an activating group) is 1. The van der Waals surface area contributed by atoms with E-state index in [2.05, 4.69) is 24.3 Å². The number of benzene rings is 1. The number of hydrogen-bond donors (Lipinski definition) is 1. The minimum atomic E-state index is 0.0661. The minimum absolute atomic E-state index is 0.0661. The number of carbonyl (C=O) groups is 1. The number of amides is 1. The fourth-order valence-corrected chi connectivity index (χ4v) is 4.88. The van der Waals surface area contributed by atoms with Crippen molar-refractivity contribution in [3.8, 4) is 0 Å². The fraction of sp³-hybridized carbons (Fsp3) is 0.583. The van der Waals surface area contributed by atoms with Gasteiger partial charge in [0.1, 0.15) is 5.82 Å². The number of aromatic nitrogens is 1. The van der Waals surface area contributed by atoms with E-state index in [-0.39, 0.29) is 5.91 Å². The van der Waals surface area contributed by atoms with Crippen LogP contribution >= 0.6 is 0 Å². The number of nitrogens with zero attached hydrogens (tertiary/aromatic N) is 3. The Labute approximate surface area is 179 Å². The Bertz CT molecular complexity index is 857. The van der Waals surface area contributed by atoms with E-state index >= 15 is 0 Å². The van der Waals surface area contributed by atoms with E-state index in [1.807, 2.05) is 35.2 Å². The van der Waals surface area contributed by atoms with E-state index in [4.69, 9.17) is 9.72 Å². The number of hydrogen-bond acceptors (Lipinski definition) is 5. The first-order chi connectivity index (χ1) is 14.6. The second-order valence-electron chi connectivity index (χ2n) is 8.79. The minimum Gasteiger partial charge on any atom is -0.378 e. The lowest BCUT2D eigenvalue weighted by Gasteiger charge is -2.35. The number of ether oxygens (including phenoxy) is 1. The molecule has 0 bridgehead atoms. The molecule has 0 radical (unpaired) electrons. The summed E-state index contributed by atoms with van der Waals surface area (Å²) in [5.74, 6) is 1.57.